The van der Waals surface area contributed by atoms with Crippen LogP contribution in [-0.4, -0.2) is 16.9 Å². The van der Waals surface area contributed by atoms with E-state index >= 15 is 0 Å². The Hall–Kier alpha value is -3.18. The summed E-state index contributed by atoms with van der Waals surface area (Å²) in [5.41, 5.74) is 3.82. The molecule has 148 valence electrons. The van der Waals surface area contributed by atoms with Gasteiger partial charge in [-0.05, 0) is 31.4 Å². The second-order valence-electron chi connectivity index (χ2n) is 7.16. The molecule has 1 heterocycles. The van der Waals surface area contributed by atoms with Crippen molar-refractivity contribution in [2.45, 2.75) is 26.4 Å². The monoisotopic (exact) mass is 389 g/mol. The number of hydrogen-bond acceptors (Lipinski definition) is 3. The van der Waals surface area contributed by atoms with Gasteiger partial charge in [-0.25, -0.2) is 9.07 Å². The maximum Gasteiger partial charge on any atom is 0.131 e. The quantitative estimate of drug-likeness (QED) is 0.484. The van der Waals surface area contributed by atoms with Crippen molar-refractivity contribution in [3.8, 4) is 11.4 Å². The van der Waals surface area contributed by atoms with E-state index < -0.39 is 0 Å². The lowest BCUT2D eigenvalue weighted by Crippen LogP contribution is -2.19. The summed E-state index contributed by atoms with van der Waals surface area (Å²) < 4.78 is 21.2. The van der Waals surface area contributed by atoms with Gasteiger partial charge in [-0.2, -0.15) is 5.10 Å². The van der Waals surface area contributed by atoms with Crippen molar-refractivity contribution in [3.05, 3.63) is 89.5 Å². The molecule has 5 heteroatoms. The molecule has 29 heavy (non-hydrogen) atoms. The molecule has 0 bridgehead atoms. The normalized spacial score (nSPS) is 12.3. The Labute approximate surface area is 169 Å². The number of fused-ring (bicyclic) bond motifs is 1. The average Bonchev–Trinajstić information content (AvgIpc) is 3.13. The van der Waals surface area contributed by atoms with Gasteiger partial charge in [0.2, 0.25) is 0 Å². The molecule has 0 saturated carbocycles. The summed E-state index contributed by atoms with van der Waals surface area (Å²) in [5, 5.41) is 10.4. The third-order valence-electron chi connectivity index (χ3n) is 5.37. The van der Waals surface area contributed by atoms with Crippen molar-refractivity contribution in [1.29, 1.82) is 0 Å². The van der Waals surface area contributed by atoms with Gasteiger partial charge in [0, 0.05) is 40.9 Å². The molecular formula is C24H24FN3O. The van der Waals surface area contributed by atoms with Gasteiger partial charge in [-0.1, -0.05) is 42.5 Å². The third-order valence-corrected chi connectivity index (χ3v) is 5.37. The first-order valence-corrected chi connectivity index (χ1v) is 9.67. The Bertz CT molecular complexity index is 1150. The minimum absolute atomic E-state index is 0.0280. The molecule has 1 atom stereocenters. The van der Waals surface area contributed by atoms with E-state index in [1.165, 1.54) is 18.6 Å². The van der Waals surface area contributed by atoms with Crippen molar-refractivity contribution < 1.29 is 9.13 Å². The molecule has 4 nitrogen and oxygen atoms in total. The number of halogens is 1. The molecule has 0 saturated heterocycles. The van der Waals surface area contributed by atoms with Crippen LogP contribution >= 0.6 is 0 Å². The molecule has 0 aliphatic rings. The molecular weight excluding hydrogens is 365 g/mol. The van der Waals surface area contributed by atoms with E-state index in [1.54, 1.807) is 12.1 Å². The number of nitrogens with zero attached hydrogens (tertiary/aromatic N) is 2. The fourth-order valence-corrected chi connectivity index (χ4v) is 3.65. The molecule has 0 fully saturated rings. The summed E-state index contributed by atoms with van der Waals surface area (Å²) in [6.45, 7) is 4.56. The van der Waals surface area contributed by atoms with E-state index in [-0.39, 0.29) is 11.9 Å². The standard InChI is InChI=1S/C24H24FN3O/c1-16(26-14-19-11-12-20(29-3)13-23(19)25)22-15-27-28(17(22)2)24-10-6-8-18-7-4-5-9-21(18)24/h4-13,15-16,26H,14H2,1-3H3. The van der Waals surface area contributed by atoms with Crippen LogP contribution in [0.3, 0.4) is 0 Å². The summed E-state index contributed by atoms with van der Waals surface area (Å²) in [6, 6.07) is 19.5. The van der Waals surface area contributed by atoms with Gasteiger partial charge in [0.15, 0.2) is 0 Å². The van der Waals surface area contributed by atoms with Crippen LogP contribution in [0.1, 0.15) is 29.8 Å². The molecule has 1 aromatic heterocycles. The molecule has 0 amide bonds. The molecule has 1 N–H and O–H groups in total. The van der Waals surface area contributed by atoms with Crippen molar-refractivity contribution in [2.24, 2.45) is 0 Å². The molecule has 0 spiro atoms. The van der Waals surface area contributed by atoms with Gasteiger partial charge >= 0.3 is 0 Å². The minimum atomic E-state index is -0.271. The van der Waals surface area contributed by atoms with Crippen molar-refractivity contribution in [3.63, 3.8) is 0 Å². The number of ether oxygens (including phenoxy) is 1. The van der Waals surface area contributed by atoms with Crippen LogP contribution in [0, 0.1) is 12.7 Å². The zero-order chi connectivity index (χ0) is 20.4. The first-order valence-electron chi connectivity index (χ1n) is 9.67. The van der Waals surface area contributed by atoms with Crippen molar-refractivity contribution >= 4 is 10.8 Å². The highest BCUT2D eigenvalue weighted by Crippen LogP contribution is 2.26. The summed E-state index contributed by atoms with van der Waals surface area (Å²) in [7, 11) is 1.53. The Kier molecular flexibility index (Phi) is 5.32. The Morgan fingerprint density at radius 3 is 2.69 bits per heavy atom. The summed E-state index contributed by atoms with van der Waals surface area (Å²) in [4.78, 5) is 0. The lowest BCUT2D eigenvalue weighted by Gasteiger charge is -2.15. The van der Waals surface area contributed by atoms with Crippen molar-refractivity contribution in [2.75, 3.05) is 7.11 Å². The summed E-state index contributed by atoms with van der Waals surface area (Å²) in [6.07, 6.45) is 1.89. The van der Waals surface area contributed by atoms with E-state index in [1.807, 2.05) is 29.1 Å². The van der Waals surface area contributed by atoms with Gasteiger partial charge in [0.1, 0.15) is 11.6 Å². The first kappa shape index (κ1) is 19.2. The number of nitrogens with one attached hydrogen (secondary N) is 1. The van der Waals surface area contributed by atoms with Crippen LogP contribution in [0.25, 0.3) is 16.5 Å². The molecule has 4 rings (SSSR count). The number of benzene rings is 3. The molecule has 4 aromatic rings. The zero-order valence-corrected chi connectivity index (χ0v) is 16.8. The molecule has 3 aromatic carbocycles. The Balaban J connectivity index is 1.56. The number of methoxy groups -OCH3 is 1. The molecule has 0 aliphatic heterocycles. The summed E-state index contributed by atoms with van der Waals surface area (Å²) >= 11 is 0. The SMILES string of the molecule is COc1ccc(CNC(C)c2cnn(-c3cccc4ccccc34)c2C)c(F)c1. The largest absolute Gasteiger partial charge is 0.497 e. The Morgan fingerprint density at radius 2 is 1.90 bits per heavy atom. The van der Waals surface area contributed by atoms with Gasteiger partial charge in [-0.3, -0.25) is 0 Å². The van der Waals surface area contributed by atoms with Crippen molar-refractivity contribution in [1.82, 2.24) is 15.1 Å². The minimum Gasteiger partial charge on any atom is -0.497 e. The fraction of sp³-hybridized carbons (Fsp3) is 0.208. The average molecular weight is 389 g/mol. The van der Waals surface area contributed by atoms with E-state index in [0.29, 0.717) is 17.9 Å². The topological polar surface area (TPSA) is 39.1 Å². The first-order chi connectivity index (χ1) is 14.1. The fourth-order valence-electron chi connectivity index (χ4n) is 3.65. The van der Waals surface area contributed by atoms with E-state index in [9.17, 15) is 4.39 Å². The van der Waals surface area contributed by atoms with E-state index in [0.717, 1.165) is 22.3 Å². The second kappa shape index (κ2) is 8.05. The second-order valence-corrected chi connectivity index (χ2v) is 7.16. The Morgan fingerprint density at radius 1 is 1.10 bits per heavy atom. The van der Waals surface area contributed by atoms with E-state index in [2.05, 4.69) is 48.5 Å². The van der Waals surface area contributed by atoms with Crippen LogP contribution in [0.15, 0.2) is 66.9 Å². The maximum absolute atomic E-state index is 14.2. The number of aromatic nitrogens is 2. The summed E-state index contributed by atoms with van der Waals surface area (Å²) in [5.74, 6) is 0.249. The third kappa shape index (κ3) is 3.74. The van der Waals surface area contributed by atoms with Crippen LogP contribution in [-0.2, 0) is 6.54 Å². The molecule has 0 aliphatic carbocycles. The van der Waals surface area contributed by atoms with Gasteiger partial charge in [0.25, 0.3) is 0 Å². The van der Waals surface area contributed by atoms with E-state index in [4.69, 9.17) is 4.74 Å². The lowest BCUT2D eigenvalue weighted by molar-refractivity contribution is 0.410. The lowest BCUT2D eigenvalue weighted by atomic mass is 10.1. The highest BCUT2D eigenvalue weighted by atomic mass is 19.1. The van der Waals surface area contributed by atoms with Crippen LogP contribution in [0.5, 0.6) is 5.75 Å². The zero-order valence-electron chi connectivity index (χ0n) is 16.8. The number of hydrogen-bond donors (Lipinski definition) is 1. The predicted octanol–water partition coefficient (Wildman–Crippen LogP) is 5.33. The maximum atomic E-state index is 14.2. The van der Waals surface area contributed by atoms with Gasteiger partial charge in [-0.15, -0.1) is 0 Å². The highest BCUT2D eigenvalue weighted by molar-refractivity contribution is 5.90. The predicted molar refractivity (Wildman–Crippen MR) is 114 cm³/mol. The van der Waals surface area contributed by atoms with Crippen LogP contribution < -0.4 is 10.1 Å². The molecule has 1 unspecified atom stereocenters. The number of rotatable bonds is 6. The smallest absolute Gasteiger partial charge is 0.131 e. The van der Waals surface area contributed by atoms with Crippen LogP contribution in [0.2, 0.25) is 0 Å². The molecule has 0 radical (unpaired) electrons. The van der Waals surface area contributed by atoms with Crippen LogP contribution in [0.4, 0.5) is 4.39 Å². The highest BCUT2D eigenvalue weighted by Gasteiger charge is 2.16. The van der Waals surface area contributed by atoms with Gasteiger partial charge in [0.05, 0.1) is 19.0 Å². The van der Waals surface area contributed by atoms with Gasteiger partial charge < -0.3 is 10.1 Å².